The number of amides is 3. The number of carbonyl (C=O) groups is 2. The molecule has 4 aliphatic heterocycles. The Kier molecular flexibility index (Phi) is 7.32. The minimum absolute atomic E-state index is 0.0212. The second-order valence-corrected chi connectivity index (χ2v) is 11.4. The maximum atomic E-state index is 13.9. The molecule has 6 atom stereocenters. The molecule has 0 radical (unpaired) electrons. The molecule has 4 aliphatic rings. The first-order valence-electron chi connectivity index (χ1n) is 12.8. The van der Waals surface area contributed by atoms with Crippen LogP contribution < -0.4 is 4.90 Å². The Morgan fingerprint density at radius 3 is 1.81 bits per heavy atom. The van der Waals surface area contributed by atoms with Gasteiger partial charge in [0.25, 0.3) is 5.91 Å². The summed E-state index contributed by atoms with van der Waals surface area (Å²) in [6, 6.07) is -2.78. The Morgan fingerprint density at radius 2 is 1.28 bits per heavy atom. The van der Waals surface area contributed by atoms with Gasteiger partial charge in [-0.25, -0.2) is 9.69 Å². The molecular weight excluding hydrogens is 611 g/mol. The van der Waals surface area contributed by atoms with E-state index in [4.69, 9.17) is 23.7 Å². The van der Waals surface area contributed by atoms with Crippen molar-refractivity contribution in [1.82, 2.24) is 4.90 Å². The van der Waals surface area contributed by atoms with E-state index < -0.39 is 103 Å². The standard InChI is InChI=1S/C25H25F9N2O7/c1-21(2)40-14-12(39-19-16(15(14)41-21)42-22(3,4)43-19)9-35-13(17(24(29,30)31)25(32,33)34)18(37)36(20(35)38)11-7-5-10(6-8-11)23(26,27)28/h5-8,12-17,19H,9H2,1-4H3/t12-,13-,14+,15+,16-,19-/m1/s1. The summed E-state index contributed by atoms with van der Waals surface area (Å²) < 4.78 is 152. The molecule has 240 valence electrons. The first-order chi connectivity index (χ1) is 19.5. The molecule has 4 heterocycles. The van der Waals surface area contributed by atoms with Crippen molar-refractivity contribution in [2.24, 2.45) is 5.92 Å². The predicted octanol–water partition coefficient (Wildman–Crippen LogP) is 4.98. The van der Waals surface area contributed by atoms with Crippen molar-refractivity contribution in [3.8, 4) is 0 Å². The fourth-order valence-electron chi connectivity index (χ4n) is 5.74. The van der Waals surface area contributed by atoms with Gasteiger partial charge in [0.1, 0.15) is 30.5 Å². The van der Waals surface area contributed by atoms with E-state index in [2.05, 4.69) is 0 Å². The van der Waals surface area contributed by atoms with Gasteiger partial charge in [0, 0.05) is 0 Å². The molecular formula is C25H25F9N2O7. The SMILES string of the molecule is CC1(C)O[C@H]2[C@@H](O1)[C@@H](CN1C(=O)N(c3ccc(C(F)(F)F)cc3)C(=O)[C@H]1C(C(F)(F)F)C(F)(F)F)O[C@@H]1OC(C)(C)O[C@@H]12. The van der Waals surface area contributed by atoms with Crippen molar-refractivity contribution in [2.75, 3.05) is 11.4 Å². The van der Waals surface area contributed by atoms with Crippen molar-refractivity contribution >= 4 is 17.6 Å². The summed E-state index contributed by atoms with van der Waals surface area (Å²) in [5.74, 6) is -8.84. The molecule has 18 heteroatoms. The van der Waals surface area contributed by atoms with Crippen molar-refractivity contribution in [1.29, 1.82) is 0 Å². The number of halogens is 9. The van der Waals surface area contributed by atoms with Crippen LogP contribution in [0.5, 0.6) is 0 Å². The number of nitrogens with zero attached hydrogens (tertiary/aromatic N) is 2. The Labute approximate surface area is 237 Å². The quantitative estimate of drug-likeness (QED) is 0.341. The molecule has 1 aromatic rings. The molecule has 0 aromatic heterocycles. The third-order valence-electron chi connectivity index (χ3n) is 7.35. The number of alkyl halides is 9. The lowest BCUT2D eigenvalue weighted by molar-refractivity contribution is -0.295. The monoisotopic (exact) mass is 636 g/mol. The van der Waals surface area contributed by atoms with Crippen molar-refractivity contribution in [2.45, 2.75) is 94.5 Å². The first-order valence-corrected chi connectivity index (χ1v) is 12.8. The normalized spacial score (nSPS) is 32.5. The summed E-state index contributed by atoms with van der Waals surface area (Å²) in [7, 11) is 0. The summed E-state index contributed by atoms with van der Waals surface area (Å²) in [4.78, 5) is 26.8. The zero-order chi connectivity index (χ0) is 32.1. The van der Waals surface area contributed by atoms with E-state index in [1.807, 2.05) is 0 Å². The molecule has 0 bridgehead atoms. The largest absolute Gasteiger partial charge is 0.416 e. The van der Waals surface area contributed by atoms with Crippen LogP contribution in [0.4, 0.5) is 50.0 Å². The highest BCUT2D eigenvalue weighted by molar-refractivity contribution is 6.21. The molecule has 0 aliphatic carbocycles. The molecule has 0 saturated carbocycles. The lowest BCUT2D eigenvalue weighted by Crippen LogP contribution is -2.60. The number of fused-ring (bicyclic) bond motifs is 3. The van der Waals surface area contributed by atoms with Gasteiger partial charge < -0.3 is 28.6 Å². The third-order valence-corrected chi connectivity index (χ3v) is 7.35. The fraction of sp³-hybridized carbons (Fsp3) is 0.680. The van der Waals surface area contributed by atoms with Crippen LogP contribution in [0.2, 0.25) is 0 Å². The van der Waals surface area contributed by atoms with Crippen LogP contribution in [-0.2, 0) is 34.7 Å². The van der Waals surface area contributed by atoms with E-state index in [0.717, 1.165) is 0 Å². The molecule has 3 amide bonds. The van der Waals surface area contributed by atoms with Gasteiger partial charge in [-0.05, 0) is 52.0 Å². The molecule has 0 N–H and O–H groups in total. The van der Waals surface area contributed by atoms with Crippen LogP contribution >= 0.6 is 0 Å². The molecule has 4 saturated heterocycles. The number of rotatable bonds is 4. The van der Waals surface area contributed by atoms with Crippen molar-refractivity contribution < 1.29 is 72.8 Å². The van der Waals surface area contributed by atoms with Gasteiger partial charge in [-0.15, -0.1) is 0 Å². The lowest BCUT2D eigenvalue weighted by Gasteiger charge is -2.40. The zero-order valence-electron chi connectivity index (χ0n) is 22.7. The first kappa shape index (κ1) is 31.7. The van der Waals surface area contributed by atoms with Gasteiger partial charge in [0.15, 0.2) is 23.8 Å². The molecule has 5 rings (SSSR count). The minimum atomic E-state index is -6.06. The number of urea groups is 1. The van der Waals surface area contributed by atoms with Crippen LogP contribution in [0.25, 0.3) is 0 Å². The van der Waals surface area contributed by atoms with Crippen LogP contribution in [0, 0.1) is 5.92 Å². The van der Waals surface area contributed by atoms with Crippen LogP contribution in [0.3, 0.4) is 0 Å². The lowest BCUT2D eigenvalue weighted by atomic mass is 9.94. The van der Waals surface area contributed by atoms with E-state index in [1.54, 1.807) is 0 Å². The molecule has 9 nitrogen and oxygen atoms in total. The maximum Gasteiger partial charge on any atom is 0.416 e. The number of imide groups is 1. The third kappa shape index (κ3) is 5.79. The van der Waals surface area contributed by atoms with Gasteiger partial charge in [-0.3, -0.25) is 4.79 Å². The van der Waals surface area contributed by atoms with Crippen molar-refractivity contribution in [3.05, 3.63) is 29.8 Å². The number of carbonyl (C=O) groups excluding carboxylic acids is 2. The number of hydrogen-bond acceptors (Lipinski definition) is 7. The smallest absolute Gasteiger partial charge is 0.342 e. The topological polar surface area (TPSA) is 86.8 Å². The van der Waals surface area contributed by atoms with Gasteiger partial charge in [-0.2, -0.15) is 39.5 Å². The second-order valence-electron chi connectivity index (χ2n) is 11.4. The summed E-state index contributed by atoms with van der Waals surface area (Å²) in [5, 5.41) is 0. The molecule has 0 spiro atoms. The highest BCUT2D eigenvalue weighted by Crippen LogP contribution is 2.48. The van der Waals surface area contributed by atoms with Gasteiger partial charge in [0.05, 0.1) is 17.8 Å². The fourth-order valence-corrected chi connectivity index (χ4v) is 5.74. The Balaban J connectivity index is 1.54. The number of ether oxygens (including phenoxy) is 5. The van der Waals surface area contributed by atoms with Crippen molar-refractivity contribution in [3.63, 3.8) is 0 Å². The highest BCUT2D eigenvalue weighted by Gasteiger charge is 2.68. The van der Waals surface area contributed by atoms with E-state index in [1.165, 1.54) is 27.7 Å². The van der Waals surface area contributed by atoms with Gasteiger partial charge >= 0.3 is 24.6 Å². The summed E-state index contributed by atoms with van der Waals surface area (Å²) in [6.07, 6.45) is -22.8. The summed E-state index contributed by atoms with van der Waals surface area (Å²) in [5.41, 5.74) is -1.90. The van der Waals surface area contributed by atoms with Crippen LogP contribution in [-0.4, -0.2) is 84.1 Å². The number of hydrogen-bond donors (Lipinski definition) is 0. The van der Waals surface area contributed by atoms with E-state index in [0.29, 0.717) is 24.3 Å². The molecule has 0 unspecified atom stereocenters. The van der Waals surface area contributed by atoms with Gasteiger partial charge in [0.2, 0.25) is 0 Å². The van der Waals surface area contributed by atoms with E-state index in [9.17, 15) is 49.1 Å². The molecule has 1 aromatic carbocycles. The molecule has 4 fully saturated rings. The summed E-state index contributed by atoms with van der Waals surface area (Å²) in [6.45, 7) is 4.99. The Morgan fingerprint density at radius 1 is 0.767 bits per heavy atom. The van der Waals surface area contributed by atoms with Crippen LogP contribution in [0.15, 0.2) is 24.3 Å². The number of benzene rings is 1. The summed E-state index contributed by atoms with van der Waals surface area (Å²) >= 11 is 0. The van der Waals surface area contributed by atoms with E-state index in [-0.39, 0.29) is 9.80 Å². The second kappa shape index (κ2) is 9.92. The minimum Gasteiger partial charge on any atom is -0.342 e. The van der Waals surface area contributed by atoms with E-state index >= 15 is 0 Å². The Bertz CT molecular complexity index is 1250. The maximum absolute atomic E-state index is 13.9. The zero-order valence-corrected chi connectivity index (χ0v) is 22.7. The predicted molar refractivity (Wildman–Crippen MR) is 123 cm³/mol. The highest BCUT2D eigenvalue weighted by atomic mass is 19.4. The molecule has 43 heavy (non-hydrogen) atoms. The van der Waals surface area contributed by atoms with Gasteiger partial charge in [-0.1, -0.05) is 0 Å². The average Bonchev–Trinajstić information content (AvgIpc) is 3.40. The average molecular weight is 636 g/mol. The number of anilines is 1. The Hall–Kier alpha value is -2.67. The van der Waals surface area contributed by atoms with Crippen LogP contribution in [0.1, 0.15) is 33.3 Å².